The van der Waals surface area contributed by atoms with Crippen molar-refractivity contribution in [2.24, 2.45) is 5.92 Å². The molecule has 1 atom stereocenters. The highest BCUT2D eigenvalue weighted by Crippen LogP contribution is 2.34. The number of fused-ring (bicyclic) bond motifs is 1. The van der Waals surface area contributed by atoms with Gasteiger partial charge in [-0.25, -0.2) is 13.8 Å². The monoisotopic (exact) mass is 309 g/mol. The first-order chi connectivity index (χ1) is 10.5. The number of nitrogens with zero attached hydrogens (tertiary/aromatic N) is 3. The summed E-state index contributed by atoms with van der Waals surface area (Å²) >= 11 is 0. The lowest BCUT2D eigenvalue weighted by Crippen LogP contribution is -2.50. The first-order valence-corrected chi connectivity index (χ1v) is 7.11. The summed E-state index contributed by atoms with van der Waals surface area (Å²) in [5, 5.41) is 0. The Bertz CT molecular complexity index is 653. The zero-order chi connectivity index (χ0) is 15.7. The van der Waals surface area contributed by atoms with Crippen molar-refractivity contribution in [2.45, 2.75) is 12.3 Å². The van der Waals surface area contributed by atoms with Crippen molar-refractivity contribution < 1.29 is 18.3 Å². The van der Waals surface area contributed by atoms with Crippen molar-refractivity contribution in [1.82, 2.24) is 14.3 Å². The molecule has 3 rings (SSSR count). The van der Waals surface area contributed by atoms with Gasteiger partial charge in [0.1, 0.15) is 11.3 Å². The van der Waals surface area contributed by atoms with Crippen molar-refractivity contribution in [3.63, 3.8) is 0 Å². The lowest BCUT2D eigenvalue weighted by Gasteiger charge is -2.37. The van der Waals surface area contributed by atoms with Crippen LogP contribution in [0.1, 0.15) is 16.9 Å². The van der Waals surface area contributed by atoms with Gasteiger partial charge in [-0.15, -0.1) is 0 Å². The number of rotatable bonds is 3. The van der Waals surface area contributed by atoms with Gasteiger partial charge in [0.2, 0.25) is 0 Å². The minimum atomic E-state index is -2.80. The Morgan fingerprint density at radius 1 is 1.50 bits per heavy atom. The summed E-state index contributed by atoms with van der Waals surface area (Å²) in [6.07, 6.45) is 3.06. The summed E-state index contributed by atoms with van der Waals surface area (Å²) in [5.74, 6) is -4.10. The van der Waals surface area contributed by atoms with Crippen molar-refractivity contribution in [3.05, 3.63) is 36.3 Å². The first-order valence-electron chi connectivity index (χ1n) is 7.11. The van der Waals surface area contributed by atoms with Gasteiger partial charge in [0.05, 0.1) is 12.5 Å². The number of aromatic nitrogens is 2. The SMILES string of the molecule is COCC1CN(C(=O)c2cn3ccccc3n2)CCC1(F)F. The van der Waals surface area contributed by atoms with Gasteiger partial charge in [0.25, 0.3) is 11.8 Å². The summed E-state index contributed by atoms with van der Waals surface area (Å²) < 4.78 is 34.2. The minimum Gasteiger partial charge on any atom is -0.384 e. The number of likely N-dealkylation sites (tertiary alicyclic amines) is 1. The third kappa shape index (κ3) is 2.68. The molecule has 1 unspecified atom stereocenters. The number of halogens is 2. The molecule has 118 valence electrons. The van der Waals surface area contributed by atoms with Crippen LogP contribution >= 0.6 is 0 Å². The quantitative estimate of drug-likeness (QED) is 0.872. The number of alkyl halides is 2. The van der Waals surface area contributed by atoms with E-state index in [1.165, 1.54) is 12.0 Å². The standard InChI is InChI=1S/C15H17F2N3O2/c1-22-10-11-8-20(7-5-15(11,16)17)14(21)12-9-19-6-3-2-4-13(19)18-12/h2-4,6,9,11H,5,7-8,10H2,1H3. The zero-order valence-corrected chi connectivity index (χ0v) is 12.2. The first kappa shape index (κ1) is 14.9. The normalized spacial score (nSPS) is 21.2. The van der Waals surface area contributed by atoms with Crippen LogP contribution in [0.2, 0.25) is 0 Å². The fourth-order valence-electron chi connectivity index (χ4n) is 2.74. The second-order valence-electron chi connectivity index (χ2n) is 5.51. The van der Waals surface area contributed by atoms with Gasteiger partial charge in [-0.3, -0.25) is 4.79 Å². The summed E-state index contributed by atoms with van der Waals surface area (Å²) in [4.78, 5) is 18.2. The van der Waals surface area contributed by atoms with Crippen LogP contribution in [0.3, 0.4) is 0 Å². The Kier molecular flexibility index (Phi) is 3.82. The van der Waals surface area contributed by atoms with Gasteiger partial charge in [-0.05, 0) is 12.1 Å². The number of amides is 1. The number of imidazole rings is 1. The molecule has 1 aliphatic heterocycles. The molecule has 1 fully saturated rings. The van der Waals surface area contributed by atoms with E-state index in [0.717, 1.165) is 0 Å². The molecular formula is C15H17F2N3O2. The predicted octanol–water partition coefficient (Wildman–Crippen LogP) is 2.08. The zero-order valence-electron chi connectivity index (χ0n) is 12.2. The highest BCUT2D eigenvalue weighted by Gasteiger charge is 2.45. The van der Waals surface area contributed by atoms with Gasteiger partial charge in [-0.2, -0.15) is 0 Å². The Hall–Kier alpha value is -2.02. The Balaban J connectivity index is 1.80. The van der Waals surface area contributed by atoms with Gasteiger partial charge < -0.3 is 14.0 Å². The van der Waals surface area contributed by atoms with E-state index in [1.54, 1.807) is 22.9 Å². The molecule has 0 N–H and O–H groups in total. The third-order valence-corrected chi connectivity index (χ3v) is 3.99. The van der Waals surface area contributed by atoms with Crippen LogP contribution < -0.4 is 0 Å². The van der Waals surface area contributed by atoms with Crippen LogP contribution in [0.5, 0.6) is 0 Å². The number of piperidine rings is 1. The molecule has 2 aromatic rings. The van der Waals surface area contributed by atoms with E-state index in [9.17, 15) is 13.6 Å². The van der Waals surface area contributed by atoms with Crippen LogP contribution in [-0.4, -0.2) is 52.9 Å². The summed E-state index contributed by atoms with van der Waals surface area (Å²) in [5.41, 5.74) is 0.925. The largest absolute Gasteiger partial charge is 0.384 e. The average Bonchev–Trinajstić information content (AvgIpc) is 2.93. The number of methoxy groups -OCH3 is 1. The van der Waals surface area contributed by atoms with Crippen LogP contribution in [0, 0.1) is 5.92 Å². The lowest BCUT2D eigenvalue weighted by atomic mass is 9.94. The number of hydrogen-bond donors (Lipinski definition) is 0. The average molecular weight is 309 g/mol. The molecule has 0 saturated carbocycles. The van der Waals surface area contributed by atoms with Gasteiger partial charge >= 0.3 is 0 Å². The molecule has 0 aromatic carbocycles. The minimum absolute atomic E-state index is 0.0203. The van der Waals surface area contributed by atoms with E-state index in [1.807, 2.05) is 12.1 Å². The van der Waals surface area contributed by atoms with E-state index in [-0.39, 0.29) is 37.7 Å². The number of ether oxygens (including phenoxy) is 1. The summed E-state index contributed by atoms with van der Waals surface area (Å²) in [6, 6.07) is 5.44. The molecule has 2 aromatic heterocycles. The molecule has 5 nitrogen and oxygen atoms in total. The van der Waals surface area contributed by atoms with E-state index in [2.05, 4.69) is 4.98 Å². The van der Waals surface area contributed by atoms with Crippen molar-refractivity contribution in [3.8, 4) is 0 Å². The molecule has 7 heteroatoms. The highest BCUT2D eigenvalue weighted by molar-refractivity contribution is 5.93. The topological polar surface area (TPSA) is 46.8 Å². The second kappa shape index (κ2) is 5.64. The van der Waals surface area contributed by atoms with Crippen LogP contribution in [0.15, 0.2) is 30.6 Å². The number of pyridine rings is 1. The molecule has 3 heterocycles. The van der Waals surface area contributed by atoms with Gasteiger partial charge in [0.15, 0.2) is 0 Å². The second-order valence-corrected chi connectivity index (χ2v) is 5.51. The van der Waals surface area contributed by atoms with Crippen molar-refractivity contribution in [2.75, 3.05) is 26.8 Å². The summed E-state index contributed by atoms with van der Waals surface area (Å²) in [7, 11) is 1.39. The molecule has 0 spiro atoms. The number of carbonyl (C=O) groups is 1. The molecule has 0 aliphatic carbocycles. The maximum atomic E-state index is 13.8. The summed E-state index contributed by atoms with van der Waals surface area (Å²) in [6.45, 7) is -0.0601. The molecule has 22 heavy (non-hydrogen) atoms. The molecule has 1 saturated heterocycles. The van der Waals surface area contributed by atoms with Crippen molar-refractivity contribution >= 4 is 11.6 Å². The van der Waals surface area contributed by atoms with E-state index in [0.29, 0.717) is 5.65 Å². The van der Waals surface area contributed by atoms with E-state index in [4.69, 9.17) is 4.74 Å². The Morgan fingerprint density at radius 2 is 2.32 bits per heavy atom. The van der Waals surface area contributed by atoms with Crippen LogP contribution in [0.25, 0.3) is 5.65 Å². The lowest BCUT2D eigenvalue weighted by molar-refractivity contribution is -0.118. The number of carbonyl (C=O) groups excluding carboxylic acids is 1. The number of hydrogen-bond acceptors (Lipinski definition) is 3. The van der Waals surface area contributed by atoms with Gasteiger partial charge in [-0.1, -0.05) is 6.07 Å². The molecule has 1 amide bonds. The van der Waals surface area contributed by atoms with Crippen molar-refractivity contribution in [1.29, 1.82) is 0 Å². The molecule has 0 radical (unpaired) electrons. The predicted molar refractivity (Wildman–Crippen MR) is 76.0 cm³/mol. The van der Waals surface area contributed by atoms with Crippen LogP contribution in [-0.2, 0) is 4.74 Å². The fraction of sp³-hybridized carbons (Fsp3) is 0.467. The molecule has 1 aliphatic rings. The maximum Gasteiger partial charge on any atom is 0.274 e. The van der Waals surface area contributed by atoms with Crippen LogP contribution in [0.4, 0.5) is 8.78 Å². The molecule has 0 bridgehead atoms. The Labute approximate surface area is 126 Å². The Morgan fingerprint density at radius 3 is 3.05 bits per heavy atom. The van der Waals surface area contributed by atoms with E-state index >= 15 is 0 Å². The maximum absolute atomic E-state index is 13.8. The van der Waals surface area contributed by atoms with E-state index < -0.39 is 11.8 Å². The smallest absolute Gasteiger partial charge is 0.274 e. The third-order valence-electron chi connectivity index (χ3n) is 3.99. The highest BCUT2D eigenvalue weighted by atomic mass is 19.3. The van der Waals surface area contributed by atoms with Gasteiger partial charge in [0, 0.05) is 39.0 Å². The molecular weight excluding hydrogens is 292 g/mol. The fourth-order valence-corrected chi connectivity index (χ4v) is 2.74.